The molecular weight excluding hydrogens is 178 g/mol. The van der Waals surface area contributed by atoms with Gasteiger partial charge in [-0.25, -0.2) is 0 Å². The number of nitrogens with zero attached hydrogens (tertiary/aromatic N) is 2. The number of H-pyrrole nitrogens is 1. The molecular formula is C10H13N3O. The van der Waals surface area contributed by atoms with Crippen LogP contribution in [-0.4, -0.2) is 27.5 Å². The van der Waals surface area contributed by atoms with E-state index >= 15 is 0 Å². The minimum absolute atomic E-state index is 0.199. The van der Waals surface area contributed by atoms with Crippen LogP contribution in [0.4, 0.5) is 0 Å². The molecule has 1 amide bonds. The number of rotatable bonds is 3. The Balaban J connectivity index is 1.99. The van der Waals surface area contributed by atoms with E-state index in [2.05, 4.69) is 16.8 Å². The van der Waals surface area contributed by atoms with E-state index in [0.29, 0.717) is 18.9 Å². The van der Waals surface area contributed by atoms with Crippen LogP contribution in [0.5, 0.6) is 0 Å². The highest BCUT2D eigenvalue weighted by atomic mass is 16.2. The first kappa shape index (κ1) is 8.99. The minimum Gasteiger partial charge on any atom is -0.336 e. The first-order valence-electron chi connectivity index (χ1n) is 4.68. The molecule has 1 unspecified atom stereocenters. The highest BCUT2D eigenvalue weighted by Crippen LogP contribution is 2.19. The SMILES string of the molecule is C=CC1CC(=O)N(Cc2ccn[nH]2)C1. The van der Waals surface area contributed by atoms with E-state index in [1.807, 2.05) is 17.0 Å². The van der Waals surface area contributed by atoms with Crippen LogP contribution in [-0.2, 0) is 11.3 Å². The fraction of sp³-hybridized carbons (Fsp3) is 0.400. The number of hydrogen-bond acceptors (Lipinski definition) is 2. The molecule has 0 saturated carbocycles. The zero-order valence-electron chi connectivity index (χ0n) is 7.94. The highest BCUT2D eigenvalue weighted by molar-refractivity contribution is 5.78. The number of aromatic amines is 1. The van der Waals surface area contributed by atoms with Gasteiger partial charge in [0.15, 0.2) is 0 Å². The van der Waals surface area contributed by atoms with Gasteiger partial charge in [-0.3, -0.25) is 9.89 Å². The molecule has 0 radical (unpaired) electrons. The number of amides is 1. The van der Waals surface area contributed by atoms with Crippen molar-refractivity contribution in [3.8, 4) is 0 Å². The number of nitrogens with one attached hydrogen (secondary N) is 1. The monoisotopic (exact) mass is 191 g/mol. The number of aromatic nitrogens is 2. The Kier molecular flexibility index (Phi) is 2.35. The maximum absolute atomic E-state index is 11.5. The van der Waals surface area contributed by atoms with Gasteiger partial charge >= 0.3 is 0 Å². The smallest absolute Gasteiger partial charge is 0.223 e. The van der Waals surface area contributed by atoms with Crippen LogP contribution < -0.4 is 0 Å². The Morgan fingerprint density at radius 1 is 1.79 bits per heavy atom. The van der Waals surface area contributed by atoms with Gasteiger partial charge in [0.05, 0.1) is 12.2 Å². The molecule has 1 saturated heterocycles. The minimum atomic E-state index is 0.199. The van der Waals surface area contributed by atoms with Crippen LogP contribution in [0.15, 0.2) is 24.9 Å². The summed E-state index contributed by atoms with van der Waals surface area (Å²) in [7, 11) is 0. The summed E-state index contributed by atoms with van der Waals surface area (Å²) in [5.74, 6) is 0.509. The molecule has 1 atom stereocenters. The quantitative estimate of drug-likeness (QED) is 0.723. The Morgan fingerprint density at radius 2 is 2.64 bits per heavy atom. The summed E-state index contributed by atoms with van der Waals surface area (Å²) in [4.78, 5) is 13.3. The lowest BCUT2D eigenvalue weighted by Crippen LogP contribution is -2.24. The molecule has 4 heteroatoms. The van der Waals surface area contributed by atoms with Gasteiger partial charge in [-0.05, 0) is 6.07 Å². The Bertz CT molecular complexity index is 331. The van der Waals surface area contributed by atoms with Crippen molar-refractivity contribution in [1.29, 1.82) is 0 Å². The van der Waals surface area contributed by atoms with Crippen molar-refractivity contribution in [3.05, 3.63) is 30.6 Å². The van der Waals surface area contributed by atoms with E-state index in [-0.39, 0.29) is 5.91 Å². The Labute approximate surface area is 82.6 Å². The lowest BCUT2D eigenvalue weighted by Gasteiger charge is -2.14. The van der Waals surface area contributed by atoms with Gasteiger partial charge in [-0.15, -0.1) is 6.58 Å². The van der Waals surface area contributed by atoms with Crippen molar-refractivity contribution in [2.24, 2.45) is 5.92 Å². The first-order chi connectivity index (χ1) is 6.79. The van der Waals surface area contributed by atoms with Gasteiger partial charge in [0.1, 0.15) is 0 Å². The lowest BCUT2D eigenvalue weighted by atomic mass is 10.1. The third-order valence-corrected chi connectivity index (χ3v) is 2.50. The van der Waals surface area contributed by atoms with Crippen LogP contribution in [0.25, 0.3) is 0 Å². The third kappa shape index (κ3) is 1.69. The van der Waals surface area contributed by atoms with Gasteiger partial charge in [0.2, 0.25) is 5.91 Å². The third-order valence-electron chi connectivity index (χ3n) is 2.50. The Hall–Kier alpha value is -1.58. The van der Waals surface area contributed by atoms with Gasteiger partial charge in [0, 0.05) is 25.1 Å². The molecule has 0 aliphatic carbocycles. The van der Waals surface area contributed by atoms with Crippen molar-refractivity contribution < 1.29 is 4.79 Å². The molecule has 14 heavy (non-hydrogen) atoms. The van der Waals surface area contributed by atoms with Crippen LogP contribution >= 0.6 is 0 Å². The molecule has 1 aliphatic rings. The lowest BCUT2D eigenvalue weighted by molar-refractivity contribution is -0.128. The van der Waals surface area contributed by atoms with Crippen LogP contribution in [0.3, 0.4) is 0 Å². The summed E-state index contributed by atoms with van der Waals surface area (Å²) in [6.45, 7) is 5.12. The van der Waals surface area contributed by atoms with Crippen LogP contribution in [0.1, 0.15) is 12.1 Å². The second-order valence-corrected chi connectivity index (χ2v) is 3.56. The van der Waals surface area contributed by atoms with Crippen molar-refractivity contribution in [1.82, 2.24) is 15.1 Å². The number of likely N-dealkylation sites (tertiary alicyclic amines) is 1. The standard InChI is InChI=1S/C10H13N3O/c1-2-8-5-10(14)13(6-8)7-9-3-4-11-12-9/h2-4,8H,1,5-7H2,(H,11,12). The molecule has 1 aliphatic heterocycles. The van der Waals surface area contributed by atoms with E-state index < -0.39 is 0 Å². The summed E-state index contributed by atoms with van der Waals surface area (Å²) in [5.41, 5.74) is 0.975. The molecule has 74 valence electrons. The summed E-state index contributed by atoms with van der Waals surface area (Å²) in [5, 5.41) is 6.69. The van der Waals surface area contributed by atoms with Gasteiger partial charge in [-0.2, -0.15) is 5.10 Å². The van der Waals surface area contributed by atoms with Crippen LogP contribution in [0.2, 0.25) is 0 Å². The maximum Gasteiger partial charge on any atom is 0.223 e. The second kappa shape index (κ2) is 3.65. The predicted molar refractivity (Wildman–Crippen MR) is 52.3 cm³/mol. The average molecular weight is 191 g/mol. The first-order valence-corrected chi connectivity index (χ1v) is 4.68. The molecule has 2 rings (SSSR count). The molecule has 1 fully saturated rings. The van der Waals surface area contributed by atoms with Crippen molar-refractivity contribution in [3.63, 3.8) is 0 Å². The fourth-order valence-electron chi connectivity index (χ4n) is 1.69. The van der Waals surface area contributed by atoms with Gasteiger partial charge in [0.25, 0.3) is 0 Å². The van der Waals surface area contributed by atoms with E-state index in [4.69, 9.17) is 0 Å². The highest BCUT2D eigenvalue weighted by Gasteiger charge is 2.27. The molecule has 0 bridgehead atoms. The number of hydrogen-bond donors (Lipinski definition) is 1. The van der Waals surface area contributed by atoms with E-state index in [1.54, 1.807) is 6.20 Å². The number of carbonyl (C=O) groups is 1. The fourth-order valence-corrected chi connectivity index (χ4v) is 1.69. The van der Waals surface area contributed by atoms with Gasteiger partial charge < -0.3 is 4.90 Å². The van der Waals surface area contributed by atoms with Crippen LogP contribution in [0, 0.1) is 5.92 Å². The molecule has 4 nitrogen and oxygen atoms in total. The Morgan fingerprint density at radius 3 is 3.21 bits per heavy atom. The molecule has 0 aromatic carbocycles. The van der Waals surface area contributed by atoms with Crippen molar-refractivity contribution >= 4 is 5.91 Å². The van der Waals surface area contributed by atoms with Gasteiger partial charge in [-0.1, -0.05) is 6.08 Å². The summed E-state index contributed by atoms with van der Waals surface area (Å²) < 4.78 is 0. The van der Waals surface area contributed by atoms with E-state index in [1.165, 1.54) is 0 Å². The largest absolute Gasteiger partial charge is 0.336 e. The molecule has 0 spiro atoms. The second-order valence-electron chi connectivity index (χ2n) is 3.56. The summed E-state index contributed by atoms with van der Waals surface area (Å²) >= 11 is 0. The van der Waals surface area contributed by atoms with Crippen molar-refractivity contribution in [2.75, 3.05) is 6.54 Å². The molecule has 2 heterocycles. The normalized spacial score (nSPS) is 21.6. The topological polar surface area (TPSA) is 49.0 Å². The predicted octanol–water partition coefficient (Wildman–Crippen LogP) is 0.944. The average Bonchev–Trinajstić information content (AvgIpc) is 2.78. The van der Waals surface area contributed by atoms with Crippen molar-refractivity contribution in [2.45, 2.75) is 13.0 Å². The molecule has 1 N–H and O–H groups in total. The van der Waals surface area contributed by atoms with E-state index in [0.717, 1.165) is 12.2 Å². The molecule has 1 aromatic rings. The number of carbonyl (C=O) groups excluding carboxylic acids is 1. The van der Waals surface area contributed by atoms with E-state index in [9.17, 15) is 4.79 Å². The maximum atomic E-state index is 11.5. The zero-order valence-corrected chi connectivity index (χ0v) is 7.94. The summed E-state index contributed by atoms with van der Waals surface area (Å²) in [6, 6.07) is 1.88. The zero-order chi connectivity index (χ0) is 9.97. The molecule has 1 aromatic heterocycles. The summed E-state index contributed by atoms with van der Waals surface area (Å²) in [6.07, 6.45) is 4.14.